The summed E-state index contributed by atoms with van der Waals surface area (Å²) in [5.74, 6) is -0.427. The van der Waals surface area contributed by atoms with Crippen molar-refractivity contribution in [3.05, 3.63) is 35.9 Å². The Balaban J connectivity index is 2.33. The van der Waals surface area contributed by atoms with Crippen molar-refractivity contribution in [1.29, 1.82) is 0 Å². The summed E-state index contributed by atoms with van der Waals surface area (Å²) in [7, 11) is 0. The van der Waals surface area contributed by atoms with Gasteiger partial charge in [0, 0.05) is 0 Å². The van der Waals surface area contributed by atoms with Crippen molar-refractivity contribution in [3.63, 3.8) is 0 Å². The fourth-order valence-electron chi connectivity index (χ4n) is 1.31. The summed E-state index contributed by atoms with van der Waals surface area (Å²) in [6.45, 7) is 4.48. The van der Waals surface area contributed by atoms with Crippen LogP contribution in [0, 0.1) is 0 Å². The largest absolute Gasteiger partial charge is 0.462 e. The van der Waals surface area contributed by atoms with Gasteiger partial charge in [0.1, 0.15) is 12.6 Å². The Morgan fingerprint density at radius 3 is 2.47 bits per heavy atom. The minimum absolute atomic E-state index is 0.136. The van der Waals surface area contributed by atoms with Gasteiger partial charge in [-0.15, -0.1) is 0 Å². The molecule has 94 valence electrons. The average Bonchev–Trinajstić information content (AvgIpc) is 2.34. The van der Waals surface area contributed by atoms with Crippen LogP contribution in [0.15, 0.2) is 30.3 Å². The average molecular weight is 237 g/mol. The number of hydrogen-bond donors (Lipinski definition) is 1. The van der Waals surface area contributed by atoms with Crippen LogP contribution in [0.1, 0.15) is 25.5 Å². The van der Waals surface area contributed by atoms with Crippen molar-refractivity contribution < 1.29 is 14.3 Å². The predicted molar refractivity (Wildman–Crippen MR) is 65.4 cm³/mol. The van der Waals surface area contributed by atoms with E-state index in [1.54, 1.807) is 12.1 Å². The van der Waals surface area contributed by atoms with Crippen LogP contribution in [0.5, 0.6) is 0 Å². The molecule has 0 saturated heterocycles. The molecule has 0 fully saturated rings. The molecule has 0 aliphatic heterocycles. The predicted octanol–water partition coefficient (Wildman–Crippen LogP) is 1.65. The van der Waals surface area contributed by atoms with Gasteiger partial charge in [-0.2, -0.15) is 0 Å². The summed E-state index contributed by atoms with van der Waals surface area (Å²) in [4.78, 5) is 11.6. The van der Waals surface area contributed by atoms with Crippen molar-refractivity contribution in [3.8, 4) is 0 Å². The van der Waals surface area contributed by atoms with Crippen LogP contribution >= 0.6 is 0 Å². The molecule has 0 aromatic heterocycles. The molecule has 1 rings (SSSR count). The van der Waals surface area contributed by atoms with Crippen LogP contribution in [0.25, 0.3) is 0 Å². The molecule has 4 heteroatoms. The highest BCUT2D eigenvalue weighted by molar-refractivity contribution is 5.77. The molecule has 17 heavy (non-hydrogen) atoms. The molecule has 2 N–H and O–H groups in total. The SMILES string of the molecule is CC(C)OCCOC(=O)C(N)c1ccccc1. The van der Waals surface area contributed by atoms with Crippen molar-refractivity contribution in [2.24, 2.45) is 5.73 Å². The van der Waals surface area contributed by atoms with Gasteiger partial charge < -0.3 is 15.2 Å². The first-order chi connectivity index (χ1) is 8.11. The van der Waals surface area contributed by atoms with Crippen LogP contribution in [0.4, 0.5) is 0 Å². The van der Waals surface area contributed by atoms with Crippen molar-refractivity contribution in [1.82, 2.24) is 0 Å². The lowest BCUT2D eigenvalue weighted by Gasteiger charge is -2.12. The molecule has 4 nitrogen and oxygen atoms in total. The maximum atomic E-state index is 11.6. The van der Waals surface area contributed by atoms with E-state index in [0.717, 1.165) is 5.56 Å². The van der Waals surface area contributed by atoms with Crippen molar-refractivity contribution in [2.45, 2.75) is 26.0 Å². The summed E-state index contributed by atoms with van der Waals surface area (Å²) < 4.78 is 10.3. The van der Waals surface area contributed by atoms with Gasteiger partial charge in [0.25, 0.3) is 0 Å². The quantitative estimate of drug-likeness (QED) is 0.603. The fourth-order valence-corrected chi connectivity index (χ4v) is 1.31. The molecule has 1 unspecified atom stereocenters. The van der Waals surface area contributed by atoms with E-state index < -0.39 is 12.0 Å². The summed E-state index contributed by atoms with van der Waals surface area (Å²) in [6.07, 6.45) is 0.136. The molecular weight excluding hydrogens is 218 g/mol. The van der Waals surface area contributed by atoms with E-state index in [9.17, 15) is 4.79 Å². The molecule has 0 radical (unpaired) electrons. The summed E-state index contributed by atoms with van der Waals surface area (Å²) >= 11 is 0. The number of nitrogens with two attached hydrogens (primary N) is 1. The molecule has 0 aliphatic carbocycles. The molecule has 0 amide bonds. The second kappa shape index (κ2) is 7.04. The Labute approximate surface area is 102 Å². The third kappa shape index (κ3) is 4.97. The van der Waals surface area contributed by atoms with Gasteiger partial charge in [0.05, 0.1) is 12.7 Å². The summed E-state index contributed by atoms with van der Waals surface area (Å²) in [5, 5.41) is 0. The number of carbonyl (C=O) groups is 1. The summed E-state index contributed by atoms with van der Waals surface area (Å²) in [5.41, 5.74) is 6.52. The van der Waals surface area contributed by atoms with E-state index in [0.29, 0.717) is 6.61 Å². The van der Waals surface area contributed by atoms with Gasteiger partial charge in [0.15, 0.2) is 0 Å². The van der Waals surface area contributed by atoms with E-state index in [2.05, 4.69) is 0 Å². The first-order valence-electron chi connectivity index (χ1n) is 5.70. The van der Waals surface area contributed by atoms with Crippen molar-refractivity contribution in [2.75, 3.05) is 13.2 Å². The Hall–Kier alpha value is -1.39. The second-order valence-corrected chi connectivity index (χ2v) is 3.98. The van der Waals surface area contributed by atoms with E-state index >= 15 is 0 Å². The Kier molecular flexibility index (Phi) is 5.66. The third-order valence-electron chi connectivity index (χ3n) is 2.19. The standard InChI is InChI=1S/C13H19NO3/c1-10(2)16-8-9-17-13(15)12(14)11-6-4-3-5-7-11/h3-7,10,12H,8-9,14H2,1-2H3. The number of carbonyl (C=O) groups excluding carboxylic acids is 1. The lowest BCUT2D eigenvalue weighted by atomic mass is 10.1. The first-order valence-corrected chi connectivity index (χ1v) is 5.70. The van der Waals surface area contributed by atoms with Crippen molar-refractivity contribution >= 4 is 5.97 Å². The van der Waals surface area contributed by atoms with Gasteiger partial charge in [-0.3, -0.25) is 0 Å². The summed E-state index contributed by atoms with van der Waals surface area (Å²) in [6, 6.07) is 8.43. The number of rotatable bonds is 6. The first kappa shape index (κ1) is 13.7. The van der Waals surface area contributed by atoms with E-state index in [4.69, 9.17) is 15.2 Å². The number of benzene rings is 1. The van der Waals surface area contributed by atoms with Gasteiger partial charge in [0.2, 0.25) is 0 Å². The number of esters is 1. The maximum absolute atomic E-state index is 11.6. The number of hydrogen-bond acceptors (Lipinski definition) is 4. The fraction of sp³-hybridized carbons (Fsp3) is 0.462. The minimum atomic E-state index is -0.727. The molecule has 1 aromatic carbocycles. The zero-order valence-electron chi connectivity index (χ0n) is 10.3. The van der Waals surface area contributed by atoms with E-state index in [1.807, 2.05) is 32.0 Å². The minimum Gasteiger partial charge on any atom is -0.462 e. The Bertz CT molecular complexity index is 338. The highest BCUT2D eigenvalue weighted by Gasteiger charge is 2.16. The molecule has 0 aliphatic rings. The molecule has 1 atom stereocenters. The smallest absolute Gasteiger partial charge is 0.327 e. The highest BCUT2D eigenvalue weighted by Crippen LogP contribution is 2.10. The van der Waals surface area contributed by atoms with Gasteiger partial charge >= 0.3 is 5.97 Å². The second-order valence-electron chi connectivity index (χ2n) is 3.98. The molecule has 0 heterocycles. The van der Waals surface area contributed by atoms with E-state index in [1.165, 1.54) is 0 Å². The maximum Gasteiger partial charge on any atom is 0.327 e. The van der Waals surface area contributed by atoms with E-state index in [-0.39, 0.29) is 12.7 Å². The van der Waals surface area contributed by atoms with Crippen LogP contribution in [0.3, 0.4) is 0 Å². The van der Waals surface area contributed by atoms with Crippen LogP contribution in [0.2, 0.25) is 0 Å². The van der Waals surface area contributed by atoms with Gasteiger partial charge in [-0.05, 0) is 19.4 Å². The Morgan fingerprint density at radius 1 is 1.24 bits per heavy atom. The monoisotopic (exact) mass is 237 g/mol. The third-order valence-corrected chi connectivity index (χ3v) is 2.19. The topological polar surface area (TPSA) is 61.5 Å². The molecule has 0 bridgehead atoms. The van der Waals surface area contributed by atoms with Gasteiger partial charge in [-0.1, -0.05) is 30.3 Å². The van der Waals surface area contributed by atoms with Crippen LogP contribution < -0.4 is 5.73 Å². The lowest BCUT2D eigenvalue weighted by molar-refractivity contribution is -0.147. The van der Waals surface area contributed by atoms with Crippen LogP contribution in [-0.4, -0.2) is 25.3 Å². The Morgan fingerprint density at radius 2 is 1.88 bits per heavy atom. The molecule has 0 spiro atoms. The molecular formula is C13H19NO3. The normalized spacial score (nSPS) is 12.5. The number of ether oxygens (including phenoxy) is 2. The zero-order chi connectivity index (χ0) is 12.7. The highest BCUT2D eigenvalue weighted by atomic mass is 16.6. The molecule has 1 aromatic rings. The zero-order valence-corrected chi connectivity index (χ0v) is 10.3. The lowest BCUT2D eigenvalue weighted by Crippen LogP contribution is -2.25. The molecule has 0 saturated carbocycles. The van der Waals surface area contributed by atoms with Crippen LogP contribution in [-0.2, 0) is 14.3 Å². The van der Waals surface area contributed by atoms with Gasteiger partial charge in [-0.25, -0.2) is 4.79 Å².